The number of hydrogen-bond acceptors (Lipinski definition) is 5. The molecule has 18 heavy (non-hydrogen) atoms. The van der Waals surface area contributed by atoms with Crippen LogP contribution in [0.4, 0.5) is 5.82 Å². The number of nitrogens with zero attached hydrogens (tertiary/aromatic N) is 3. The first-order chi connectivity index (χ1) is 8.45. The summed E-state index contributed by atoms with van der Waals surface area (Å²) >= 11 is 0. The minimum absolute atomic E-state index is 0.151. The molecule has 0 saturated carbocycles. The van der Waals surface area contributed by atoms with E-state index >= 15 is 0 Å². The molecule has 98 valence electrons. The summed E-state index contributed by atoms with van der Waals surface area (Å²) in [5, 5.41) is 7.70. The van der Waals surface area contributed by atoms with Crippen molar-refractivity contribution in [3.63, 3.8) is 0 Å². The van der Waals surface area contributed by atoms with Crippen molar-refractivity contribution in [3.8, 4) is 0 Å². The molecule has 0 aliphatic rings. The first-order valence-corrected chi connectivity index (χ1v) is 6.91. The number of nitrogens with one attached hydrogen (secondary N) is 1. The van der Waals surface area contributed by atoms with Crippen molar-refractivity contribution in [2.45, 2.75) is 32.2 Å². The lowest BCUT2D eigenvalue weighted by Crippen LogP contribution is -2.15. The van der Waals surface area contributed by atoms with Crippen LogP contribution in [-0.4, -0.2) is 23.4 Å². The van der Waals surface area contributed by atoms with Crippen LogP contribution in [0, 0.1) is 13.8 Å². The van der Waals surface area contributed by atoms with Gasteiger partial charge in [0.1, 0.15) is 11.2 Å². The van der Waals surface area contributed by atoms with Gasteiger partial charge >= 0.3 is 0 Å². The Hall–Kier alpha value is -1.83. The molecule has 1 N–H and O–H groups in total. The third-order valence-corrected chi connectivity index (χ3v) is 4.17. The predicted molar refractivity (Wildman–Crippen MR) is 64.7 cm³/mol. The summed E-state index contributed by atoms with van der Waals surface area (Å²) < 4.78 is 33.0. The Bertz CT molecular complexity index is 643. The lowest BCUT2D eigenvalue weighted by molar-refractivity contribution is 0.423. The van der Waals surface area contributed by atoms with Gasteiger partial charge < -0.3 is 4.52 Å². The fraction of sp³-hybridized carbons (Fsp3) is 0.400. The topological polar surface area (TPSA) is 90.0 Å². The van der Waals surface area contributed by atoms with E-state index in [9.17, 15) is 8.42 Å². The molecule has 0 spiro atoms. The average Bonchev–Trinajstić information content (AvgIpc) is 2.86. The summed E-state index contributed by atoms with van der Waals surface area (Å²) in [7, 11) is -3.69. The molecule has 7 nitrogen and oxygen atoms in total. The highest BCUT2D eigenvalue weighted by Gasteiger charge is 2.24. The van der Waals surface area contributed by atoms with Gasteiger partial charge in [-0.25, -0.2) is 8.42 Å². The van der Waals surface area contributed by atoms with E-state index < -0.39 is 10.0 Å². The van der Waals surface area contributed by atoms with E-state index in [1.165, 1.54) is 12.3 Å². The van der Waals surface area contributed by atoms with Gasteiger partial charge in [0, 0.05) is 12.6 Å². The third kappa shape index (κ3) is 2.10. The summed E-state index contributed by atoms with van der Waals surface area (Å²) in [6.07, 6.45) is 1.30. The molecule has 0 unspecified atom stereocenters. The molecule has 0 aliphatic heterocycles. The first kappa shape index (κ1) is 12.6. The molecule has 2 heterocycles. The maximum Gasteiger partial charge on any atom is 0.266 e. The summed E-state index contributed by atoms with van der Waals surface area (Å²) in [4.78, 5) is 0.187. The van der Waals surface area contributed by atoms with E-state index in [0.29, 0.717) is 17.9 Å². The molecule has 8 heteroatoms. The van der Waals surface area contributed by atoms with E-state index in [1.807, 2.05) is 6.92 Å². The molecule has 2 aromatic heterocycles. The Morgan fingerprint density at radius 1 is 1.44 bits per heavy atom. The van der Waals surface area contributed by atoms with Crippen LogP contribution in [-0.2, 0) is 16.6 Å². The summed E-state index contributed by atoms with van der Waals surface area (Å²) in [6, 6.07) is 1.44. The quantitative estimate of drug-likeness (QED) is 0.904. The van der Waals surface area contributed by atoms with Crippen molar-refractivity contribution in [2.75, 3.05) is 4.72 Å². The van der Waals surface area contributed by atoms with E-state index in [4.69, 9.17) is 0 Å². The number of aryl methyl sites for hydroxylation is 2. The zero-order valence-electron chi connectivity index (χ0n) is 10.3. The zero-order chi connectivity index (χ0) is 13.3. The Morgan fingerprint density at radius 2 is 2.17 bits per heavy atom. The smallest absolute Gasteiger partial charge is 0.266 e. The predicted octanol–water partition coefficient (Wildman–Crippen LogP) is 1.31. The van der Waals surface area contributed by atoms with Crippen molar-refractivity contribution < 1.29 is 12.9 Å². The van der Waals surface area contributed by atoms with E-state index in [1.54, 1.807) is 18.5 Å². The maximum atomic E-state index is 12.2. The van der Waals surface area contributed by atoms with Gasteiger partial charge in [0.15, 0.2) is 5.82 Å². The summed E-state index contributed by atoms with van der Waals surface area (Å²) in [6.45, 7) is 5.91. The molecule has 0 saturated heterocycles. The molecule has 0 aromatic carbocycles. The second-order valence-electron chi connectivity index (χ2n) is 3.81. The largest absolute Gasteiger partial charge is 0.363 e. The molecule has 2 aromatic rings. The van der Waals surface area contributed by atoms with Crippen LogP contribution in [0.15, 0.2) is 21.7 Å². The van der Waals surface area contributed by atoms with E-state index in [2.05, 4.69) is 19.5 Å². The molecular formula is C10H14N4O3S. The van der Waals surface area contributed by atoms with Gasteiger partial charge in [-0.1, -0.05) is 5.16 Å². The molecule has 0 fully saturated rings. The average molecular weight is 270 g/mol. The minimum atomic E-state index is -3.69. The Balaban J connectivity index is 2.44. The van der Waals surface area contributed by atoms with Gasteiger partial charge in [-0.05, 0) is 20.8 Å². The number of aromatic nitrogens is 3. The number of rotatable bonds is 4. The Morgan fingerprint density at radius 3 is 2.67 bits per heavy atom. The van der Waals surface area contributed by atoms with Gasteiger partial charge in [0.2, 0.25) is 0 Å². The van der Waals surface area contributed by atoms with E-state index in [-0.39, 0.29) is 10.7 Å². The third-order valence-electron chi connectivity index (χ3n) is 2.56. The van der Waals surface area contributed by atoms with Gasteiger partial charge in [-0.3, -0.25) is 9.40 Å². The first-order valence-electron chi connectivity index (χ1n) is 5.43. The van der Waals surface area contributed by atoms with Crippen LogP contribution in [0.5, 0.6) is 0 Å². The van der Waals surface area contributed by atoms with Crippen molar-refractivity contribution in [2.24, 2.45) is 0 Å². The molecule has 0 amide bonds. The van der Waals surface area contributed by atoms with Crippen LogP contribution < -0.4 is 4.72 Å². The maximum absolute atomic E-state index is 12.2. The summed E-state index contributed by atoms with van der Waals surface area (Å²) in [5.74, 6) is 0.151. The normalized spacial score (nSPS) is 11.7. The molecule has 0 atom stereocenters. The molecule has 0 bridgehead atoms. The Kier molecular flexibility index (Phi) is 3.12. The molecular weight excluding hydrogens is 256 g/mol. The standard InChI is InChI=1S/C10H14N4O3S/c1-4-14-8(3)10(7(2)11-14)18(15,16)13-9-5-6-17-12-9/h5-6H,4H2,1-3H3,(H,12,13). The van der Waals surface area contributed by atoms with Gasteiger partial charge in [-0.15, -0.1) is 0 Å². The highest BCUT2D eigenvalue weighted by atomic mass is 32.2. The second-order valence-corrected chi connectivity index (χ2v) is 5.43. The SMILES string of the molecule is CCn1nc(C)c(S(=O)(=O)Nc2ccon2)c1C. The fourth-order valence-electron chi connectivity index (χ4n) is 1.83. The van der Waals surface area contributed by atoms with Crippen molar-refractivity contribution in [1.29, 1.82) is 0 Å². The second kappa shape index (κ2) is 4.45. The number of anilines is 1. The summed E-state index contributed by atoms with van der Waals surface area (Å²) in [5.41, 5.74) is 1.07. The number of sulfonamides is 1. The van der Waals surface area contributed by atoms with E-state index in [0.717, 1.165) is 0 Å². The minimum Gasteiger partial charge on any atom is -0.363 e. The van der Waals surface area contributed by atoms with Crippen molar-refractivity contribution >= 4 is 15.8 Å². The van der Waals surface area contributed by atoms with Crippen LogP contribution in [0.2, 0.25) is 0 Å². The van der Waals surface area contributed by atoms with Gasteiger partial charge in [0.05, 0.1) is 11.4 Å². The Labute approximate surface area is 105 Å². The molecule has 2 rings (SSSR count). The lowest BCUT2D eigenvalue weighted by Gasteiger charge is -2.05. The van der Waals surface area contributed by atoms with Crippen molar-refractivity contribution in [3.05, 3.63) is 23.7 Å². The lowest BCUT2D eigenvalue weighted by atomic mass is 10.4. The zero-order valence-corrected chi connectivity index (χ0v) is 11.2. The monoisotopic (exact) mass is 270 g/mol. The highest BCUT2D eigenvalue weighted by Crippen LogP contribution is 2.21. The number of hydrogen-bond donors (Lipinski definition) is 1. The van der Waals surface area contributed by atoms with Crippen LogP contribution in [0.25, 0.3) is 0 Å². The highest BCUT2D eigenvalue weighted by molar-refractivity contribution is 7.92. The van der Waals surface area contributed by atoms with Crippen LogP contribution in [0.1, 0.15) is 18.3 Å². The van der Waals surface area contributed by atoms with Crippen LogP contribution >= 0.6 is 0 Å². The van der Waals surface area contributed by atoms with Crippen LogP contribution in [0.3, 0.4) is 0 Å². The van der Waals surface area contributed by atoms with Gasteiger partial charge in [-0.2, -0.15) is 5.10 Å². The molecule has 0 aliphatic carbocycles. The fourth-order valence-corrected chi connectivity index (χ4v) is 3.24. The van der Waals surface area contributed by atoms with Crippen molar-refractivity contribution in [1.82, 2.24) is 14.9 Å². The van der Waals surface area contributed by atoms with Gasteiger partial charge in [0.25, 0.3) is 10.0 Å². The molecule has 0 radical (unpaired) electrons.